The number of nitrogens with one attached hydrogen (secondary N) is 1. The molecule has 1 aliphatic heterocycles. The molecule has 1 amide bonds. The van der Waals surface area contributed by atoms with Gasteiger partial charge in [0.2, 0.25) is 0 Å². The first-order valence-corrected chi connectivity index (χ1v) is 9.67. The van der Waals surface area contributed by atoms with Crippen LogP contribution in [0.5, 0.6) is 11.5 Å². The fraction of sp³-hybridized carbons (Fsp3) is 0.0870. The molecule has 1 aliphatic rings. The Morgan fingerprint density at radius 1 is 0.931 bits per heavy atom. The van der Waals surface area contributed by atoms with Crippen molar-refractivity contribution in [3.8, 4) is 11.5 Å². The molecule has 0 spiro atoms. The van der Waals surface area contributed by atoms with Crippen LogP contribution < -0.4 is 14.8 Å². The molecule has 1 N–H and O–H groups in total. The number of carbonyl (C=O) groups excluding carboxylic acids is 1. The number of benzene rings is 3. The van der Waals surface area contributed by atoms with Crippen molar-refractivity contribution in [1.82, 2.24) is 0 Å². The number of halogens is 2. The van der Waals surface area contributed by atoms with E-state index in [2.05, 4.69) is 5.32 Å². The van der Waals surface area contributed by atoms with Crippen LogP contribution in [0, 0.1) is 0 Å². The van der Waals surface area contributed by atoms with Gasteiger partial charge in [-0.2, -0.15) is 0 Å². The zero-order valence-corrected chi connectivity index (χ0v) is 17.1. The van der Waals surface area contributed by atoms with Crippen molar-refractivity contribution < 1.29 is 14.3 Å². The lowest BCUT2D eigenvalue weighted by Crippen LogP contribution is -2.03. The molecule has 0 atom stereocenters. The van der Waals surface area contributed by atoms with E-state index in [1.165, 1.54) is 0 Å². The zero-order chi connectivity index (χ0) is 20.4. The van der Waals surface area contributed by atoms with Gasteiger partial charge in [-0.25, -0.2) is 0 Å². The molecule has 0 fully saturated rings. The van der Waals surface area contributed by atoms with Crippen LogP contribution in [-0.2, 0) is 11.4 Å². The fourth-order valence-corrected chi connectivity index (χ4v) is 3.40. The van der Waals surface area contributed by atoms with Gasteiger partial charge in [0.05, 0.1) is 7.11 Å². The van der Waals surface area contributed by atoms with Crippen LogP contribution in [0.15, 0.2) is 60.7 Å². The van der Waals surface area contributed by atoms with Gasteiger partial charge in [-0.15, -0.1) is 0 Å². The van der Waals surface area contributed by atoms with Crippen molar-refractivity contribution >= 4 is 46.4 Å². The molecule has 0 saturated carbocycles. The number of anilines is 1. The van der Waals surface area contributed by atoms with Gasteiger partial charge in [-0.3, -0.25) is 4.79 Å². The van der Waals surface area contributed by atoms with Gasteiger partial charge in [0, 0.05) is 26.9 Å². The highest BCUT2D eigenvalue weighted by molar-refractivity contribution is 6.36. The van der Waals surface area contributed by atoms with Gasteiger partial charge < -0.3 is 14.8 Å². The molecule has 4 nitrogen and oxygen atoms in total. The van der Waals surface area contributed by atoms with Crippen molar-refractivity contribution in [2.45, 2.75) is 6.61 Å². The second-order valence-electron chi connectivity index (χ2n) is 6.53. The van der Waals surface area contributed by atoms with Crippen LogP contribution in [0.2, 0.25) is 10.0 Å². The number of rotatable bonds is 5. The Labute approximate surface area is 178 Å². The summed E-state index contributed by atoms with van der Waals surface area (Å²) in [6.45, 7) is 0.391. The Kier molecular flexibility index (Phi) is 5.47. The van der Waals surface area contributed by atoms with Gasteiger partial charge >= 0.3 is 0 Å². The van der Waals surface area contributed by atoms with E-state index in [1.54, 1.807) is 25.3 Å². The lowest BCUT2D eigenvalue weighted by molar-refractivity contribution is -0.110. The Morgan fingerprint density at radius 3 is 2.45 bits per heavy atom. The maximum atomic E-state index is 12.4. The molecule has 4 rings (SSSR count). The first-order valence-electron chi connectivity index (χ1n) is 8.92. The van der Waals surface area contributed by atoms with E-state index in [4.69, 9.17) is 32.7 Å². The molecule has 0 saturated heterocycles. The van der Waals surface area contributed by atoms with E-state index in [0.29, 0.717) is 33.7 Å². The average molecular weight is 426 g/mol. The van der Waals surface area contributed by atoms with Crippen molar-refractivity contribution in [1.29, 1.82) is 0 Å². The van der Waals surface area contributed by atoms with E-state index >= 15 is 0 Å². The van der Waals surface area contributed by atoms with Gasteiger partial charge in [0.1, 0.15) is 6.61 Å². The number of amides is 1. The molecule has 0 unspecified atom stereocenters. The summed E-state index contributed by atoms with van der Waals surface area (Å²) < 4.78 is 11.4. The molecule has 6 heteroatoms. The maximum absolute atomic E-state index is 12.4. The van der Waals surface area contributed by atoms with E-state index in [1.807, 2.05) is 48.5 Å². The summed E-state index contributed by atoms with van der Waals surface area (Å²) in [4.78, 5) is 12.4. The number of methoxy groups -OCH3 is 1. The number of fused-ring (bicyclic) bond motifs is 1. The lowest BCUT2D eigenvalue weighted by Gasteiger charge is -2.12. The highest BCUT2D eigenvalue weighted by atomic mass is 35.5. The normalized spacial score (nSPS) is 13.9. The third kappa shape index (κ3) is 4.24. The van der Waals surface area contributed by atoms with Crippen molar-refractivity contribution in [2.75, 3.05) is 12.4 Å². The molecule has 29 heavy (non-hydrogen) atoms. The molecule has 146 valence electrons. The number of hydrogen-bond acceptors (Lipinski definition) is 3. The quantitative estimate of drug-likeness (QED) is 0.504. The van der Waals surface area contributed by atoms with Crippen molar-refractivity contribution in [3.05, 3.63) is 87.4 Å². The molecular weight excluding hydrogens is 409 g/mol. The van der Waals surface area contributed by atoms with Crippen LogP contribution in [-0.4, -0.2) is 13.0 Å². The second-order valence-corrected chi connectivity index (χ2v) is 7.40. The van der Waals surface area contributed by atoms with E-state index in [0.717, 1.165) is 22.4 Å². The van der Waals surface area contributed by atoms with Crippen LogP contribution in [0.4, 0.5) is 5.69 Å². The number of ether oxygens (including phenoxy) is 2. The standard InChI is InChI=1S/C23H17Cl2NO3/c1-28-22-11-15(4-9-21(22)29-13-14-2-5-16(24)6-3-14)10-19-18-12-17(25)7-8-20(18)26-23(19)27/h2-12H,13H2,1H3,(H,26,27)/b19-10+. The fourth-order valence-electron chi connectivity index (χ4n) is 3.11. The van der Waals surface area contributed by atoms with Crippen LogP contribution in [0.3, 0.4) is 0 Å². The molecule has 0 bridgehead atoms. The minimum absolute atomic E-state index is 0.163. The summed E-state index contributed by atoms with van der Waals surface area (Å²) in [6.07, 6.45) is 1.81. The number of hydrogen-bond donors (Lipinski definition) is 1. The zero-order valence-electron chi connectivity index (χ0n) is 15.5. The van der Waals surface area contributed by atoms with Crippen molar-refractivity contribution in [2.24, 2.45) is 0 Å². The first-order chi connectivity index (χ1) is 14.0. The van der Waals surface area contributed by atoms with Crippen molar-refractivity contribution in [3.63, 3.8) is 0 Å². The Hall–Kier alpha value is -2.95. The summed E-state index contributed by atoms with van der Waals surface area (Å²) in [5.74, 6) is 1.03. The van der Waals surface area contributed by atoms with Gasteiger partial charge in [-0.1, -0.05) is 41.4 Å². The smallest absolute Gasteiger partial charge is 0.256 e. The Bertz CT molecular complexity index is 1110. The Morgan fingerprint density at radius 2 is 1.69 bits per heavy atom. The van der Waals surface area contributed by atoms with Crippen LogP contribution >= 0.6 is 23.2 Å². The lowest BCUT2D eigenvalue weighted by atomic mass is 10.0. The SMILES string of the molecule is COc1cc(/C=C2/C(=O)Nc3ccc(Cl)cc32)ccc1OCc1ccc(Cl)cc1. The van der Waals surface area contributed by atoms with Gasteiger partial charge in [0.15, 0.2) is 11.5 Å². The molecule has 3 aromatic carbocycles. The van der Waals surface area contributed by atoms with E-state index < -0.39 is 0 Å². The molecule has 0 radical (unpaired) electrons. The molecular formula is C23H17Cl2NO3. The Balaban J connectivity index is 1.58. The molecule has 0 aromatic heterocycles. The summed E-state index contributed by atoms with van der Waals surface area (Å²) in [6, 6.07) is 18.3. The summed E-state index contributed by atoms with van der Waals surface area (Å²) in [5.41, 5.74) is 3.90. The molecule has 3 aromatic rings. The third-order valence-corrected chi connectivity index (χ3v) is 5.06. The highest BCUT2D eigenvalue weighted by Crippen LogP contribution is 2.36. The predicted octanol–water partition coefficient (Wildman–Crippen LogP) is 6.07. The highest BCUT2D eigenvalue weighted by Gasteiger charge is 2.24. The molecule has 1 heterocycles. The average Bonchev–Trinajstić information content (AvgIpc) is 3.02. The molecule has 0 aliphatic carbocycles. The first kappa shape index (κ1) is 19.4. The summed E-state index contributed by atoms with van der Waals surface area (Å²) >= 11 is 12.0. The van der Waals surface area contributed by atoms with E-state index in [9.17, 15) is 4.79 Å². The van der Waals surface area contributed by atoms with Crippen LogP contribution in [0.1, 0.15) is 16.7 Å². The minimum atomic E-state index is -0.163. The summed E-state index contributed by atoms with van der Waals surface area (Å²) in [5, 5.41) is 4.11. The van der Waals surface area contributed by atoms with Crippen LogP contribution in [0.25, 0.3) is 11.6 Å². The third-order valence-electron chi connectivity index (χ3n) is 4.57. The second kappa shape index (κ2) is 8.19. The maximum Gasteiger partial charge on any atom is 0.256 e. The monoisotopic (exact) mass is 425 g/mol. The number of carbonyl (C=O) groups is 1. The summed E-state index contributed by atoms with van der Waals surface area (Å²) in [7, 11) is 1.58. The topological polar surface area (TPSA) is 47.6 Å². The predicted molar refractivity (Wildman–Crippen MR) is 117 cm³/mol. The van der Waals surface area contributed by atoms with Gasteiger partial charge in [0.25, 0.3) is 5.91 Å². The van der Waals surface area contributed by atoms with E-state index in [-0.39, 0.29) is 5.91 Å². The minimum Gasteiger partial charge on any atom is -0.493 e. The van der Waals surface area contributed by atoms with Gasteiger partial charge in [-0.05, 0) is 59.7 Å². The largest absolute Gasteiger partial charge is 0.493 e.